The van der Waals surface area contributed by atoms with Gasteiger partial charge in [-0.15, -0.1) is 0 Å². The molecule has 0 radical (unpaired) electrons. The van der Waals surface area contributed by atoms with Gasteiger partial charge in [0.15, 0.2) is 11.4 Å². The first-order chi connectivity index (χ1) is 16.5. The van der Waals surface area contributed by atoms with Crippen LogP contribution < -0.4 is 4.74 Å². The summed E-state index contributed by atoms with van der Waals surface area (Å²) >= 11 is 0. The highest BCUT2D eigenvalue weighted by atomic mass is 16.5. The van der Waals surface area contributed by atoms with Crippen LogP contribution >= 0.6 is 0 Å². The van der Waals surface area contributed by atoms with Crippen LogP contribution in [0.1, 0.15) is 62.2 Å². The van der Waals surface area contributed by atoms with Crippen LogP contribution in [-0.2, 0) is 12.1 Å². The maximum Gasteiger partial charge on any atom is 0.231 e. The van der Waals surface area contributed by atoms with Crippen LogP contribution in [0.4, 0.5) is 0 Å². The van der Waals surface area contributed by atoms with Crippen LogP contribution in [0.3, 0.4) is 0 Å². The summed E-state index contributed by atoms with van der Waals surface area (Å²) in [4.78, 5) is 4.62. The van der Waals surface area contributed by atoms with E-state index in [1.54, 1.807) is 0 Å². The molecule has 182 valence electrons. The van der Waals surface area contributed by atoms with Gasteiger partial charge in [0, 0.05) is 5.92 Å². The van der Waals surface area contributed by atoms with Crippen LogP contribution in [0.25, 0.3) is 0 Å². The van der Waals surface area contributed by atoms with E-state index in [-0.39, 0.29) is 5.92 Å². The van der Waals surface area contributed by atoms with Crippen molar-refractivity contribution in [3.63, 3.8) is 0 Å². The lowest BCUT2D eigenvalue weighted by molar-refractivity contribution is -0.904. The van der Waals surface area contributed by atoms with Crippen molar-refractivity contribution in [1.29, 1.82) is 0 Å². The molecule has 0 amide bonds. The second-order valence-electron chi connectivity index (χ2n) is 10.3. The molecule has 5 nitrogen and oxygen atoms in total. The third-order valence-electron chi connectivity index (χ3n) is 7.04. The Balaban J connectivity index is 1.37. The maximum absolute atomic E-state index is 12.0. The molecule has 0 saturated heterocycles. The Bertz CT molecular complexity index is 996. The smallest absolute Gasteiger partial charge is 0.231 e. The minimum absolute atomic E-state index is 0.127. The molecular weight excluding hydrogens is 424 g/mol. The number of aromatic nitrogens is 1. The molecule has 34 heavy (non-hydrogen) atoms. The third-order valence-corrected chi connectivity index (χ3v) is 7.04. The lowest BCUT2D eigenvalue weighted by atomic mass is 9.73. The highest BCUT2D eigenvalue weighted by Crippen LogP contribution is 2.43. The highest BCUT2D eigenvalue weighted by molar-refractivity contribution is 5.30. The number of benzene rings is 2. The van der Waals surface area contributed by atoms with Crippen molar-refractivity contribution < 1.29 is 18.7 Å². The van der Waals surface area contributed by atoms with Crippen molar-refractivity contribution in [2.45, 2.75) is 57.1 Å². The van der Waals surface area contributed by atoms with E-state index in [2.05, 4.69) is 19.1 Å². The summed E-state index contributed by atoms with van der Waals surface area (Å²) in [5, 5.41) is 12.0. The van der Waals surface area contributed by atoms with Gasteiger partial charge >= 0.3 is 0 Å². The Morgan fingerprint density at radius 3 is 2.35 bits per heavy atom. The number of hydrogen-bond acceptors (Lipinski definition) is 4. The normalized spacial score (nSPS) is 16.8. The number of oxazole rings is 1. The Kier molecular flexibility index (Phi) is 8.07. The van der Waals surface area contributed by atoms with Gasteiger partial charge in [-0.1, -0.05) is 67.8 Å². The molecule has 1 aliphatic rings. The monoisotopic (exact) mass is 463 g/mol. The average Bonchev–Trinajstić information content (AvgIpc) is 3.33. The number of unbranched alkanes of at least 4 members (excludes halogenated alkanes) is 1. The zero-order valence-corrected chi connectivity index (χ0v) is 20.7. The number of quaternary nitrogens is 1. The van der Waals surface area contributed by atoms with Crippen LogP contribution in [0.5, 0.6) is 5.75 Å². The number of para-hydroxylation sites is 1. The van der Waals surface area contributed by atoms with Gasteiger partial charge in [-0.3, -0.25) is 0 Å². The largest absolute Gasteiger partial charge is 0.494 e. The van der Waals surface area contributed by atoms with E-state index in [1.165, 1.54) is 6.42 Å². The molecule has 1 fully saturated rings. The van der Waals surface area contributed by atoms with Gasteiger partial charge in [-0.2, -0.15) is 0 Å². The van der Waals surface area contributed by atoms with Crippen LogP contribution in [0.2, 0.25) is 0 Å². The lowest BCUT2D eigenvalue weighted by Gasteiger charge is -2.36. The van der Waals surface area contributed by atoms with Crippen LogP contribution in [-0.4, -0.2) is 41.8 Å². The molecule has 1 N–H and O–H groups in total. The third kappa shape index (κ3) is 6.08. The molecule has 1 heterocycles. The molecule has 0 aliphatic heterocycles. The quantitative estimate of drug-likeness (QED) is 0.283. The van der Waals surface area contributed by atoms with E-state index >= 15 is 0 Å². The number of nitrogens with zero attached hydrogens (tertiary/aromatic N) is 2. The lowest BCUT2D eigenvalue weighted by Crippen LogP contribution is -2.39. The van der Waals surface area contributed by atoms with Crippen molar-refractivity contribution in [3.8, 4) is 5.75 Å². The number of ether oxygens (including phenoxy) is 1. The van der Waals surface area contributed by atoms with Crippen molar-refractivity contribution in [3.05, 3.63) is 84.1 Å². The predicted octanol–water partition coefficient (Wildman–Crippen LogP) is 5.93. The zero-order chi connectivity index (χ0) is 23.9. The summed E-state index contributed by atoms with van der Waals surface area (Å²) in [6, 6.07) is 19.9. The second kappa shape index (κ2) is 11.2. The van der Waals surface area contributed by atoms with Gasteiger partial charge in [0.2, 0.25) is 5.89 Å². The molecule has 0 bridgehead atoms. The average molecular weight is 464 g/mol. The zero-order valence-electron chi connectivity index (χ0n) is 20.7. The fraction of sp³-hybridized carbons (Fsp3) is 0.483. The Morgan fingerprint density at radius 2 is 1.65 bits per heavy atom. The molecule has 2 aromatic carbocycles. The van der Waals surface area contributed by atoms with E-state index in [0.29, 0.717) is 5.89 Å². The van der Waals surface area contributed by atoms with Gasteiger partial charge in [0.25, 0.3) is 0 Å². The van der Waals surface area contributed by atoms with Gasteiger partial charge in [0.1, 0.15) is 12.3 Å². The second-order valence-corrected chi connectivity index (χ2v) is 10.3. The van der Waals surface area contributed by atoms with Crippen LogP contribution in [0.15, 0.2) is 71.3 Å². The van der Waals surface area contributed by atoms with Crippen LogP contribution in [0, 0.1) is 5.92 Å². The van der Waals surface area contributed by atoms with Gasteiger partial charge in [0.05, 0.1) is 33.4 Å². The molecule has 4 rings (SSSR count). The fourth-order valence-electron chi connectivity index (χ4n) is 5.15. The van der Waals surface area contributed by atoms with E-state index in [0.717, 1.165) is 79.8 Å². The summed E-state index contributed by atoms with van der Waals surface area (Å²) in [5.41, 5.74) is -0.297. The molecule has 1 unspecified atom stereocenters. The summed E-state index contributed by atoms with van der Waals surface area (Å²) in [5.74, 6) is 2.32. The molecule has 0 spiro atoms. The number of aliphatic hydroxyl groups is 1. The van der Waals surface area contributed by atoms with Crippen molar-refractivity contribution >= 4 is 0 Å². The first-order valence-corrected chi connectivity index (χ1v) is 12.7. The highest BCUT2D eigenvalue weighted by Gasteiger charge is 2.44. The Hall–Kier alpha value is -2.63. The predicted molar refractivity (Wildman–Crippen MR) is 134 cm³/mol. The van der Waals surface area contributed by atoms with Gasteiger partial charge in [-0.05, 0) is 43.4 Å². The van der Waals surface area contributed by atoms with E-state index in [4.69, 9.17) is 9.15 Å². The van der Waals surface area contributed by atoms with E-state index in [9.17, 15) is 5.11 Å². The van der Waals surface area contributed by atoms with E-state index < -0.39 is 5.60 Å². The molecule has 1 atom stereocenters. The summed E-state index contributed by atoms with van der Waals surface area (Å²) < 4.78 is 12.9. The summed E-state index contributed by atoms with van der Waals surface area (Å²) in [7, 11) is 4.43. The molecule has 1 aromatic heterocycles. The Morgan fingerprint density at radius 1 is 0.971 bits per heavy atom. The molecule has 5 heteroatoms. The molecule has 1 saturated carbocycles. The number of hydrogen-bond donors (Lipinski definition) is 1. The first kappa shape index (κ1) is 24.5. The number of rotatable bonds is 11. The summed E-state index contributed by atoms with van der Waals surface area (Å²) in [6.45, 7) is 2.48. The molecular formula is C29H39N2O3+. The molecule has 1 aliphatic carbocycles. The van der Waals surface area contributed by atoms with Gasteiger partial charge < -0.3 is 18.7 Å². The Labute approximate surface area is 204 Å². The fourth-order valence-corrected chi connectivity index (χ4v) is 5.15. The maximum atomic E-state index is 12.0. The SMILES string of the molecule is C[N+](C)(CCCCOc1ccccc1)Cc1cnc(C(O)(c2ccccc2)C2CCCCC2)o1. The van der Waals surface area contributed by atoms with E-state index in [1.807, 2.05) is 66.9 Å². The first-order valence-electron chi connectivity index (χ1n) is 12.7. The van der Waals surface area contributed by atoms with Crippen molar-refractivity contribution in [1.82, 2.24) is 4.98 Å². The van der Waals surface area contributed by atoms with Crippen molar-refractivity contribution in [2.75, 3.05) is 27.2 Å². The minimum atomic E-state index is -1.17. The standard InChI is InChI=1S/C29H39N2O3/c1-31(2,20-12-13-21-33-26-18-10-5-11-19-26)23-27-22-30-28(34-27)29(32,24-14-6-3-7-15-24)25-16-8-4-9-17-25/h3,5-7,10-11,14-15,18-19,22,25,32H,4,8-9,12-13,16-17,20-21,23H2,1-2H3/q+1. The minimum Gasteiger partial charge on any atom is -0.494 e. The summed E-state index contributed by atoms with van der Waals surface area (Å²) in [6.07, 6.45) is 9.40. The van der Waals surface area contributed by atoms with Gasteiger partial charge in [-0.25, -0.2) is 4.98 Å². The molecule has 3 aromatic rings. The van der Waals surface area contributed by atoms with Crippen molar-refractivity contribution in [2.24, 2.45) is 5.92 Å². The topological polar surface area (TPSA) is 55.5 Å².